The summed E-state index contributed by atoms with van der Waals surface area (Å²) in [7, 11) is 0. The monoisotopic (exact) mass is 1180 g/mol. The van der Waals surface area contributed by atoms with Crippen molar-refractivity contribution >= 4 is 46.6 Å². The highest BCUT2D eigenvalue weighted by atomic mass is 32.1. The molecular formula is C64H82N12O8S. The number of hydrogen-bond acceptors (Lipinski definition) is 14. The number of piperazine rings is 1. The number of carbonyl (C=O) groups is 5. The number of thiazole rings is 1. The predicted molar refractivity (Wildman–Crippen MR) is 328 cm³/mol. The summed E-state index contributed by atoms with van der Waals surface area (Å²) in [6.07, 6.45) is 3.88. The van der Waals surface area contributed by atoms with Gasteiger partial charge in [-0.05, 0) is 123 Å². The van der Waals surface area contributed by atoms with Crippen molar-refractivity contribution in [3.05, 3.63) is 139 Å². The highest BCUT2D eigenvalue weighted by Gasteiger charge is 2.44. The van der Waals surface area contributed by atoms with Crippen molar-refractivity contribution in [3.63, 3.8) is 0 Å². The number of hydrogen-bond donors (Lipinski definition) is 5. The van der Waals surface area contributed by atoms with Gasteiger partial charge in [-0.1, -0.05) is 74.5 Å². The Morgan fingerprint density at radius 2 is 1.58 bits per heavy atom. The van der Waals surface area contributed by atoms with E-state index in [1.165, 1.54) is 4.90 Å². The van der Waals surface area contributed by atoms with E-state index in [1.807, 2.05) is 90.4 Å². The molecule has 3 aliphatic heterocycles. The molecule has 0 aliphatic carbocycles. The number of aliphatic hydroxyl groups is 1. The first-order chi connectivity index (χ1) is 40.7. The van der Waals surface area contributed by atoms with Crippen LogP contribution in [-0.4, -0.2) is 151 Å². The van der Waals surface area contributed by atoms with Gasteiger partial charge in [0.15, 0.2) is 5.69 Å². The Morgan fingerprint density at radius 1 is 0.871 bits per heavy atom. The molecule has 3 aliphatic rings. The van der Waals surface area contributed by atoms with Gasteiger partial charge in [0, 0.05) is 120 Å². The van der Waals surface area contributed by atoms with E-state index in [0.29, 0.717) is 76.5 Å². The third-order valence-electron chi connectivity index (χ3n) is 16.7. The second kappa shape index (κ2) is 27.6. The van der Waals surface area contributed by atoms with Crippen LogP contribution in [0.25, 0.3) is 21.6 Å². The Labute approximate surface area is 501 Å². The van der Waals surface area contributed by atoms with Crippen LogP contribution in [0, 0.1) is 33.1 Å². The van der Waals surface area contributed by atoms with Gasteiger partial charge in [-0.25, -0.2) is 4.98 Å². The van der Waals surface area contributed by atoms with Gasteiger partial charge in [0.05, 0.1) is 28.4 Å². The molecule has 0 radical (unpaired) electrons. The summed E-state index contributed by atoms with van der Waals surface area (Å²) in [5, 5.41) is 28.0. The summed E-state index contributed by atoms with van der Waals surface area (Å²) in [4.78, 5) is 97.9. The summed E-state index contributed by atoms with van der Waals surface area (Å²) in [6, 6.07) is 20.8. The van der Waals surface area contributed by atoms with Gasteiger partial charge in [0.1, 0.15) is 12.1 Å². The third-order valence-corrected chi connectivity index (χ3v) is 17.7. The molecule has 5 N–H and O–H groups in total. The second-order valence-corrected chi connectivity index (χ2v) is 24.8. The number of H-pyrrole nitrogens is 1. The van der Waals surface area contributed by atoms with Gasteiger partial charge in [-0.3, -0.25) is 38.3 Å². The zero-order chi connectivity index (χ0) is 60.5. The van der Waals surface area contributed by atoms with Crippen LogP contribution in [0.2, 0.25) is 0 Å². The van der Waals surface area contributed by atoms with Crippen molar-refractivity contribution < 1.29 is 33.8 Å². The van der Waals surface area contributed by atoms with Crippen LogP contribution in [0.5, 0.6) is 0 Å². The van der Waals surface area contributed by atoms with Gasteiger partial charge in [-0.15, -0.1) is 16.4 Å². The number of amides is 5. The first-order valence-electron chi connectivity index (χ1n) is 29.8. The SMILES string of the molecule is CCN(c1cc(-c2ccc(CN3CCN(C(=O)c4cn(CCCCC(=O)N[C@H](C(=O)N5C[C@H](O)C[C@H]5C(=O)NCc5ccc(-c6scnc6C)cc5)C(C)(C)C)nn4)CC3)cc2)cc(C(=O)NCc2c(C)cc(C)[nH]c2=O)c1C)C1CCOCC1. The van der Waals surface area contributed by atoms with Crippen LogP contribution in [0.4, 0.5) is 5.69 Å². The molecule has 3 saturated heterocycles. The first kappa shape index (κ1) is 62.0. The first-order valence-corrected chi connectivity index (χ1v) is 30.6. The number of anilines is 1. The topological polar surface area (TPSA) is 240 Å². The summed E-state index contributed by atoms with van der Waals surface area (Å²) >= 11 is 1.57. The van der Waals surface area contributed by atoms with Gasteiger partial charge in [0.2, 0.25) is 17.7 Å². The van der Waals surface area contributed by atoms with E-state index in [4.69, 9.17) is 4.74 Å². The molecule has 6 aromatic rings. The van der Waals surface area contributed by atoms with E-state index in [2.05, 4.69) is 83.3 Å². The summed E-state index contributed by atoms with van der Waals surface area (Å²) in [5.74, 6) is -1.51. The second-order valence-electron chi connectivity index (χ2n) is 24.0. The van der Waals surface area contributed by atoms with Crippen LogP contribution in [0.3, 0.4) is 0 Å². The molecule has 85 heavy (non-hydrogen) atoms. The number of pyridine rings is 1. The number of unbranched alkanes of at least 4 members (excludes halogenated alkanes) is 1. The molecule has 0 bridgehead atoms. The number of aryl methyl sites for hydroxylation is 4. The fourth-order valence-corrected chi connectivity index (χ4v) is 12.6. The highest BCUT2D eigenvalue weighted by molar-refractivity contribution is 7.13. The van der Waals surface area contributed by atoms with Crippen molar-refractivity contribution in [2.45, 2.75) is 144 Å². The van der Waals surface area contributed by atoms with E-state index in [0.717, 1.165) is 80.3 Å². The number of benzene rings is 3. The number of nitrogens with one attached hydrogen (secondary N) is 4. The minimum atomic E-state index is -0.936. The molecule has 0 spiro atoms. The van der Waals surface area contributed by atoms with Crippen LogP contribution in [0.1, 0.15) is 126 Å². The molecule has 6 heterocycles. The molecule has 3 aromatic heterocycles. The molecule has 20 nitrogen and oxygen atoms in total. The number of carbonyl (C=O) groups excluding carboxylic acids is 5. The molecule has 0 saturated carbocycles. The summed E-state index contributed by atoms with van der Waals surface area (Å²) < 4.78 is 7.33. The number of nitrogens with zero attached hydrogens (tertiary/aromatic N) is 8. The number of rotatable bonds is 21. The highest BCUT2D eigenvalue weighted by Crippen LogP contribution is 2.35. The average Bonchev–Trinajstić information content (AvgIpc) is 4.43. The zero-order valence-electron chi connectivity index (χ0n) is 50.3. The minimum Gasteiger partial charge on any atom is -0.391 e. The van der Waals surface area contributed by atoms with Gasteiger partial charge < -0.3 is 45.5 Å². The largest absolute Gasteiger partial charge is 0.391 e. The average molecular weight is 1180 g/mol. The van der Waals surface area contributed by atoms with Crippen LogP contribution >= 0.6 is 11.3 Å². The number of ether oxygens (including phenoxy) is 1. The fourth-order valence-electron chi connectivity index (χ4n) is 11.8. The zero-order valence-corrected chi connectivity index (χ0v) is 51.2. The lowest BCUT2D eigenvalue weighted by Crippen LogP contribution is -2.57. The van der Waals surface area contributed by atoms with E-state index in [-0.39, 0.29) is 73.4 Å². The van der Waals surface area contributed by atoms with Crippen molar-refractivity contribution in [1.82, 2.24) is 55.6 Å². The van der Waals surface area contributed by atoms with Crippen LogP contribution < -0.4 is 26.4 Å². The van der Waals surface area contributed by atoms with Crippen molar-refractivity contribution in [1.29, 1.82) is 0 Å². The molecule has 21 heteroatoms. The van der Waals surface area contributed by atoms with Crippen LogP contribution in [-0.2, 0) is 45.3 Å². The van der Waals surface area contributed by atoms with Crippen molar-refractivity contribution in [2.75, 3.05) is 57.4 Å². The molecule has 3 aromatic carbocycles. The van der Waals surface area contributed by atoms with Gasteiger partial charge >= 0.3 is 0 Å². The smallest absolute Gasteiger partial charge is 0.276 e. The number of aromatic nitrogens is 5. The molecule has 0 unspecified atom stereocenters. The van der Waals surface area contributed by atoms with Crippen LogP contribution in [0.15, 0.2) is 83.2 Å². The third kappa shape index (κ3) is 15.3. The maximum absolute atomic E-state index is 14.2. The lowest BCUT2D eigenvalue weighted by Gasteiger charge is -2.37. The Kier molecular flexibility index (Phi) is 20.1. The standard InChI is InChI=1S/C64H82N12O8S/c1-9-75(49-21-28-84-29-22-49)54-32-48(31-51(42(54)4)59(79)66-35-52-40(2)30-41(3)68-60(52)80)46-17-15-45(16-18-46)36-72-24-26-73(27-25-72)62(82)53-38-74(71-70-53)23-11-10-12-56(78)69-58(64(6,7)8)63(83)76-37-50(77)33-55(76)61(81)65-34-44-13-19-47(20-14-44)57-43(5)67-39-85-57/h13-20,30-32,38-39,49-50,55,58,77H,9-12,21-29,33-37H2,1-8H3,(H,65,81)(H,66,79)(H,68,80)(H,69,78)/t50-,55+,58-/m1/s1. The Bertz CT molecular complexity index is 3390. The van der Waals surface area contributed by atoms with Crippen molar-refractivity contribution in [2.24, 2.45) is 5.41 Å². The fraction of sp³-hybridized carbons (Fsp3) is 0.484. The van der Waals surface area contributed by atoms with Crippen molar-refractivity contribution in [3.8, 4) is 21.6 Å². The molecule has 452 valence electrons. The van der Waals surface area contributed by atoms with E-state index in [9.17, 15) is 33.9 Å². The van der Waals surface area contributed by atoms with E-state index < -0.39 is 29.5 Å². The molecule has 5 amide bonds. The maximum Gasteiger partial charge on any atom is 0.276 e. The number of aliphatic hydroxyl groups excluding tert-OH is 1. The Hall–Kier alpha value is -7.59. The minimum absolute atomic E-state index is 0.0137. The molecule has 3 fully saturated rings. The lowest BCUT2D eigenvalue weighted by atomic mass is 9.85. The predicted octanol–water partition coefficient (Wildman–Crippen LogP) is 6.86. The summed E-state index contributed by atoms with van der Waals surface area (Å²) in [5.41, 5.74) is 11.7. The maximum atomic E-state index is 14.2. The van der Waals surface area contributed by atoms with E-state index in [1.54, 1.807) is 27.1 Å². The number of likely N-dealkylation sites (tertiary alicyclic amines) is 1. The van der Waals surface area contributed by atoms with Gasteiger partial charge in [-0.2, -0.15) is 0 Å². The summed E-state index contributed by atoms with van der Waals surface area (Å²) in [6.45, 7) is 21.5. The quantitative estimate of drug-likeness (QED) is 0.0464. The van der Waals surface area contributed by atoms with Gasteiger partial charge in [0.25, 0.3) is 17.4 Å². The van der Waals surface area contributed by atoms with E-state index >= 15 is 0 Å². The Morgan fingerprint density at radius 3 is 2.25 bits per heavy atom. The normalized spacial score (nSPS) is 17.2. The number of aromatic amines is 1. The number of β-amino-alcohol motifs (C(OH)–C–C–N with tert-alkyl or cyclic N) is 1. The molecular weight excluding hydrogens is 1100 g/mol. The molecule has 9 rings (SSSR count). The molecule has 3 atom stereocenters. The lowest BCUT2D eigenvalue weighted by molar-refractivity contribution is -0.144. The Balaban J connectivity index is 0.734.